The highest BCUT2D eigenvalue weighted by Crippen LogP contribution is 2.59. The van der Waals surface area contributed by atoms with Crippen LogP contribution >= 0.6 is 0 Å². The number of esters is 1. The minimum atomic E-state index is -1.96. The minimum Gasteiger partial charge on any atom is -0.507 e. The van der Waals surface area contributed by atoms with Crippen LogP contribution < -0.4 is 20.3 Å². The van der Waals surface area contributed by atoms with Gasteiger partial charge in [-0.3, -0.25) is 19.4 Å². The van der Waals surface area contributed by atoms with Gasteiger partial charge in [0.1, 0.15) is 29.5 Å². The molecule has 2 aromatic rings. The summed E-state index contributed by atoms with van der Waals surface area (Å²) in [5.74, 6) is -6.91. The number of Topliss-reactive ketones (excluding diaryl/α,β-unsaturated/α-hetero) is 1. The van der Waals surface area contributed by atoms with E-state index < -0.39 is 83.4 Å². The standard InChI is InChI=1S/C46H58N4O11/c1-21(2)47-20-29-15-17-50-31(19-29)48-35-32-33-40(54)27(8)43-34(32)44(56)46(10,61-43)59-18-16-30(58-11)24(5)42(60-28(9)51)26(7)39(53)25(6)38(52)22(3)13-12-14-23(4)45(57)49-36(37(35)50)41(33)55/h12-22,24-26,30-31,38-39,42,48,52-55H,1-11H3,(H,49,57)/b13-12+,18-16+,23-14-,47-20?/t22-,24+,25+,26+,30-,31?,38-,39+,42+,46-/m0/s1. The van der Waals surface area contributed by atoms with E-state index in [0.29, 0.717) is 11.4 Å². The van der Waals surface area contributed by atoms with Crippen molar-refractivity contribution in [3.63, 3.8) is 0 Å². The summed E-state index contributed by atoms with van der Waals surface area (Å²) >= 11 is 0. The number of carbonyl (C=O) groups is 3. The third-order valence-corrected chi connectivity index (χ3v) is 12.1. The molecule has 4 aliphatic heterocycles. The smallest absolute Gasteiger partial charge is 0.312 e. The molecule has 61 heavy (non-hydrogen) atoms. The van der Waals surface area contributed by atoms with Gasteiger partial charge in [-0.05, 0) is 51.5 Å². The number of aromatic hydroxyl groups is 2. The molecule has 15 nitrogen and oxygen atoms in total. The first-order valence-electron chi connectivity index (χ1n) is 20.6. The largest absolute Gasteiger partial charge is 0.507 e. The van der Waals surface area contributed by atoms with Gasteiger partial charge in [-0.15, -0.1) is 0 Å². The first-order chi connectivity index (χ1) is 28.7. The number of phenols is 2. The van der Waals surface area contributed by atoms with Crippen molar-refractivity contribution >= 4 is 51.7 Å². The molecule has 10 atom stereocenters. The van der Waals surface area contributed by atoms with Crippen molar-refractivity contribution in [1.82, 2.24) is 0 Å². The molecule has 4 bridgehead atoms. The van der Waals surface area contributed by atoms with Gasteiger partial charge < -0.3 is 54.9 Å². The maximum absolute atomic E-state index is 14.7. The average Bonchev–Trinajstić information content (AvgIpc) is 3.72. The Labute approximate surface area is 356 Å². The number of allylic oxidation sites excluding steroid dienone is 4. The highest BCUT2D eigenvalue weighted by Gasteiger charge is 2.51. The van der Waals surface area contributed by atoms with E-state index >= 15 is 0 Å². The fourth-order valence-corrected chi connectivity index (χ4v) is 8.50. The number of hydrogen-bond acceptors (Lipinski definition) is 14. The SMILES string of the molecule is CO[C@H]1/C=C/O[C@@]2(C)Oc3c(C)c(O)c4c(O)c(c5c(c4c3C2=O)NC2C=C(C=NC(C)C)C=CN52)NC(=O)/C(C)=C\C=C\[C@H](C)[C@H](O)[C@@H](C)[C@@H](O)[C@@H](C)[C@H](OC(C)=O)[C@@H]1C. The molecule has 2 aromatic carbocycles. The van der Waals surface area contributed by atoms with E-state index in [2.05, 4.69) is 15.6 Å². The number of anilines is 3. The lowest BCUT2D eigenvalue weighted by molar-refractivity contribution is -0.160. The van der Waals surface area contributed by atoms with E-state index in [1.807, 2.05) is 26.0 Å². The van der Waals surface area contributed by atoms with Crippen molar-refractivity contribution in [3.05, 3.63) is 71.2 Å². The molecule has 328 valence electrons. The number of fused-ring (bicyclic) bond motifs is 2. The lowest BCUT2D eigenvalue weighted by Gasteiger charge is -2.38. The number of nitrogens with zero attached hydrogens (tertiary/aromatic N) is 2. The van der Waals surface area contributed by atoms with Crippen molar-refractivity contribution in [2.45, 2.75) is 112 Å². The van der Waals surface area contributed by atoms with E-state index in [4.69, 9.17) is 18.9 Å². The second-order valence-electron chi connectivity index (χ2n) is 16.9. The van der Waals surface area contributed by atoms with Gasteiger partial charge in [0.2, 0.25) is 0 Å². The van der Waals surface area contributed by atoms with Gasteiger partial charge in [0.05, 0.1) is 46.9 Å². The molecule has 0 aromatic heterocycles. The highest BCUT2D eigenvalue weighted by molar-refractivity contribution is 6.27. The van der Waals surface area contributed by atoms with Gasteiger partial charge in [0.25, 0.3) is 11.7 Å². The van der Waals surface area contributed by atoms with Gasteiger partial charge in [0.15, 0.2) is 5.75 Å². The van der Waals surface area contributed by atoms with Gasteiger partial charge in [-0.2, -0.15) is 0 Å². The summed E-state index contributed by atoms with van der Waals surface area (Å²) in [4.78, 5) is 47.4. The molecule has 4 heterocycles. The minimum absolute atomic E-state index is 0.0125. The van der Waals surface area contributed by atoms with Crippen molar-refractivity contribution in [2.24, 2.45) is 28.7 Å². The molecule has 0 saturated carbocycles. The molecule has 0 aliphatic carbocycles. The summed E-state index contributed by atoms with van der Waals surface area (Å²) in [6.45, 7) is 16.8. The van der Waals surface area contributed by atoms with Gasteiger partial charge in [-0.1, -0.05) is 45.9 Å². The monoisotopic (exact) mass is 842 g/mol. The number of rotatable bonds is 4. The number of phenolic OH excluding ortho intramolecular Hbond substituents is 2. The number of aliphatic hydroxyl groups is 2. The van der Waals surface area contributed by atoms with E-state index in [1.165, 1.54) is 27.2 Å². The Bertz CT molecular complexity index is 2290. The van der Waals surface area contributed by atoms with Crippen LogP contribution in [0.1, 0.15) is 78.2 Å². The first-order valence-corrected chi connectivity index (χ1v) is 20.6. The Morgan fingerprint density at radius 1 is 1.00 bits per heavy atom. The number of ether oxygens (including phenoxy) is 4. The Hall–Kier alpha value is -5.64. The Morgan fingerprint density at radius 2 is 1.70 bits per heavy atom. The second-order valence-corrected chi connectivity index (χ2v) is 16.9. The van der Waals surface area contributed by atoms with Crippen LogP contribution in [0.5, 0.6) is 17.2 Å². The number of methoxy groups -OCH3 is 1. The normalized spacial score (nSPS) is 32.4. The lowest BCUT2D eigenvalue weighted by Crippen LogP contribution is -2.46. The maximum atomic E-state index is 14.7. The van der Waals surface area contributed by atoms with Crippen LogP contribution in [0.2, 0.25) is 0 Å². The molecule has 15 heteroatoms. The molecular weight excluding hydrogens is 785 g/mol. The summed E-state index contributed by atoms with van der Waals surface area (Å²) in [6.07, 6.45) is 10.6. The Kier molecular flexibility index (Phi) is 12.8. The van der Waals surface area contributed by atoms with Crippen molar-refractivity contribution in [1.29, 1.82) is 0 Å². The zero-order chi connectivity index (χ0) is 44.8. The number of benzene rings is 2. The fraction of sp³-hybridized carbons (Fsp3) is 0.478. The zero-order valence-corrected chi connectivity index (χ0v) is 36.5. The molecule has 1 amide bonds. The average molecular weight is 843 g/mol. The van der Waals surface area contributed by atoms with Crippen LogP contribution in [0.3, 0.4) is 0 Å². The lowest BCUT2D eigenvalue weighted by atomic mass is 9.78. The molecular formula is C46H58N4O11. The summed E-state index contributed by atoms with van der Waals surface area (Å²) in [7, 11) is 1.46. The van der Waals surface area contributed by atoms with Crippen molar-refractivity contribution < 1.29 is 53.8 Å². The van der Waals surface area contributed by atoms with Crippen molar-refractivity contribution in [3.8, 4) is 17.2 Å². The highest BCUT2D eigenvalue weighted by atomic mass is 16.7. The molecule has 1 unspecified atom stereocenters. The molecule has 6 N–H and O–H groups in total. The van der Waals surface area contributed by atoms with E-state index in [1.54, 1.807) is 83.2 Å². The Balaban J connectivity index is 1.54. The predicted molar refractivity (Wildman–Crippen MR) is 233 cm³/mol. The van der Waals surface area contributed by atoms with Gasteiger partial charge in [0, 0.05) is 79.6 Å². The van der Waals surface area contributed by atoms with Crippen LogP contribution in [-0.4, -0.2) is 93.8 Å². The van der Waals surface area contributed by atoms with E-state index in [0.717, 1.165) is 5.57 Å². The molecule has 0 spiro atoms. The maximum Gasteiger partial charge on any atom is 0.312 e. The third-order valence-electron chi connectivity index (χ3n) is 12.1. The topological polar surface area (TPSA) is 209 Å². The molecule has 0 radical (unpaired) electrons. The predicted octanol–water partition coefficient (Wildman–Crippen LogP) is 6.54. The van der Waals surface area contributed by atoms with Crippen LogP contribution in [-0.2, 0) is 23.8 Å². The van der Waals surface area contributed by atoms with Crippen LogP contribution in [0, 0.1) is 30.6 Å². The van der Waals surface area contributed by atoms with Crippen LogP contribution in [0.25, 0.3) is 10.8 Å². The summed E-state index contributed by atoms with van der Waals surface area (Å²) < 4.78 is 24.0. The number of nitrogens with one attached hydrogen (secondary N) is 2. The summed E-state index contributed by atoms with van der Waals surface area (Å²) in [5.41, 5.74) is 1.90. The van der Waals surface area contributed by atoms with Crippen LogP contribution in [0.15, 0.2) is 65.1 Å². The number of aliphatic hydroxyl groups excluding tert-OH is 2. The van der Waals surface area contributed by atoms with Crippen LogP contribution in [0.4, 0.5) is 17.1 Å². The number of carbonyl (C=O) groups excluding carboxylic acids is 3. The number of amides is 1. The van der Waals surface area contributed by atoms with Gasteiger partial charge >= 0.3 is 11.8 Å². The Morgan fingerprint density at radius 3 is 2.36 bits per heavy atom. The van der Waals surface area contributed by atoms with E-state index in [-0.39, 0.29) is 50.7 Å². The summed E-state index contributed by atoms with van der Waals surface area (Å²) in [5, 5.41) is 53.3. The number of hydrogen-bond donors (Lipinski definition) is 6. The first kappa shape index (κ1) is 44.9. The van der Waals surface area contributed by atoms with E-state index in [9.17, 15) is 34.8 Å². The zero-order valence-electron chi connectivity index (χ0n) is 36.5. The number of ketones is 1. The van der Waals surface area contributed by atoms with Gasteiger partial charge in [-0.25, -0.2) is 0 Å². The number of aliphatic imine (C=N–C) groups is 1. The molecule has 6 rings (SSSR count). The molecule has 0 saturated heterocycles. The third kappa shape index (κ3) is 8.26. The molecule has 4 aliphatic rings. The van der Waals surface area contributed by atoms with Crippen molar-refractivity contribution in [2.75, 3.05) is 22.6 Å². The fourth-order valence-electron chi connectivity index (χ4n) is 8.50. The molecule has 0 fully saturated rings. The quantitative estimate of drug-likeness (QED) is 0.0838. The second kappa shape index (κ2) is 17.4. The summed E-state index contributed by atoms with van der Waals surface area (Å²) in [6, 6.07) is 0.0530.